The van der Waals surface area contributed by atoms with Crippen molar-refractivity contribution in [2.75, 3.05) is 18.0 Å². The molecule has 3 aromatic heterocycles. The minimum atomic E-state index is 1.05. The lowest BCUT2D eigenvalue weighted by Crippen LogP contribution is -2.24. The number of hydrogen-bond donors (Lipinski definition) is 0. The summed E-state index contributed by atoms with van der Waals surface area (Å²) < 4.78 is 1.18. The fraction of sp³-hybridized carbons (Fsp3) is 0.400. The van der Waals surface area contributed by atoms with Gasteiger partial charge in [-0.2, -0.15) is 0 Å². The predicted octanol–water partition coefficient (Wildman–Crippen LogP) is 3.62. The summed E-state index contributed by atoms with van der Waals surface area (Å²) in [5.41, 5.74) is 1.05. The number of fused-ring (bicyclic) bond motifs is 3. The van der Waals surface area contributed by atoms with E-state index in [9.17, 15) is 0 Å². The molecule has 0 N–H and O–H groups in total. The summed E-state index contributed by atoms with van der Waals surface area (Å²) in [5, 5.41) is 1.14. The van der Waals surface area contributed by atoms with Crippen molar-refractivity contribution < 1.29 is 0 Å². The van der Waals surface area contributed by atoms with Crippen LogP contribution in [0.1, 0.15) is 25.7 Å². The molecule has 4 nitrogen and oxygen atoms in total. The Bertz CT molecular complexity index is 744. The lowest BCUT2D eigenvalue weighted by Gasteiger charge is -2.21. The number of rotatable bonds is 1. The van der Waals surface area contributed by atoms with Crippen LogP contribution in [0.15, 0.2) is 24.7 Å². The molecule has 20 heavy (non-hydrogen) atoms. The van der Waals surface area contributed by atoms with E-state index in [0.29, 0.717) is 0 Å². The van der Waals surface area contributed by atoms with Gasteiger partial charge in [0.15, 0.2) is 0 Å². The lowest BCUT2D eigenvalue weighted by molar-refractivity contribution is 0.726. The van der Waals surface area contributed by atoms with Crippen molar-refractivity contribution in [3.63, 3.8) is 0 Å². The van der Waals surface area contributed by atoms with Crippen LogP contribution in [-0.2, 0) is 0 Å². The van der Waals surface area contributed by atoms with Gasteiger partial charge in [-0.05, 0) is 25.0 Å². The van der Waals surface area contributed by atoms with Crippen molar-refractivity contribution in [2.45, 2.75) is 25.7 Å². The highest BCUT2D eigenvalue weighted by molar-refractivity contribution is 7.25. The van der Waals surface area contributed by atoms with E-state index in [4.69, 9.17) is 0 Å². The zero-order chi connectivity index (χ0) is 13.4. The molecule has 102 valence electrons. The molecule has 1 fully saturated rings. The van der Waals surface area contributed by atoms with Crippen LogP contribution in [0.3, 0.4) is 0 Å². The molecule has 4 rings (SSSR count). The van der Waals surface area contributed by atoms with Gasteiger partial charge in [-0.3, -0.25) is 0 Å². The van der Waals surface area contributed by atoms with Crippen molar-refractivity contribution in [1.29, 1.82) is 0 Å². The smallest absolute Gasteiger partial charge is 0.150 e. The van der Waals surface area contributed by atoms with Gasteiger partial charge >= 0.3 is 0 Å². The summed E-state index contributed by atoms with van der Waals surface area (Å²) >= 11 is 1.71. The maximum atomic E-state index is 4.56. The lowest BCUT2D eigenvalue weighted by atomic mass is 10.2. The highest BCUT2D eigenvalue weighted by Crippen LogP contribution is 2.36. The predicted molar refractivity (Wildman–Crippen MR) is 83.4 cm³/mol. The second-order valence-corrected chi connectivity index (χ2v) is 6.23. The first-order valence-corrected chi connectivity index (χ1v) is 7.98. The first-order valence-electron chi connectivity index (χ1n) is 7.17. The minimum absolute atomic E-state index is 1.05. The molecule has 0 aliphatic carbocycles. The molecule has 1 aliphatic heterocycles. The maximum absolute atomic E-state index is 4.56. The van der Waals surface area contributed by atoms with E-state index in [0.717, 1.165) is 34.6 Å². The molecular formula is C15H16N4S. The Balaban J connectivity index is 1.90. The van der Waals surface area contributed by atoms with E-state index in [1.807, 2.05) is 12.3 Å². The van der Waals surface area contributed by atoms with Crippen LogP contribution in [0, 0.1) is 0 Å². The number of nitrogens with zero attached hydrogens (tertiary/aromatic N) is 4. The molecule has 0 saturated carbocycles. The normalized spacial score (nSPS) is 16.7. The second kappa shape index (κ2) is 4.98. The van der Waals surface area contributed by atoms with E-state index >= 15 is 0 Å². The number of pyridine rings is 1. The molecule has 0 bridgehead atoms. The Kier molecular flexibility index (Phi) is 2.99. The van der Waals surface area contributed by atoms with Gasteiger partial charge in [0.2, 0.25) is 0 Å². The third-order valence-corrected chi connectivity index (χ3v) is 5.01. The summed E-state index contributed by atoms with van der Waals surface area (Å²) in [6.45, 7) is 2.21. The first kappa shape index (κ1) is 12.0. The van der Waals surface area contributed by atoms with Crippen molar-refractivity contribution in [3.8, 4) is 0 Å². The van der Waals surface area contributed by atoms with Crippen molar-refractivity contribution in [2.24, 2.45) is 0 Å². The molecule has 0 amide bonds. The molecule has 0 aromatic carbocycles. The highest BCUT2D eigenvalue weighted by atomic mass is 32.1. The van der Waals surface area contributed by atoms with Gasteiger partial charge in [0.25, 0.3) is 0 Å². The van der Waals surface area contributed by atoms with Crippen LogP contribution in [0.4, 0.5) is 5.82 Å². The SMILES string of the molecule is c1cnc2sc3c(N4CCCCCC4)ncnc3c2c1. The van der Waals surface area contributed by atoms with E-state index in [1.54, 1.807) is 17.7 Å². The Hall–Kier alpha value is -1.75. The van der Waals surface area contributed by atoms with Gasteiger partial charge in [-0.25, -0.2) is 15.0 Å². The molecule has 0 radical (unpaired) electrons. The van der Waals surface area contributed by atoms with Gasteiger partial charge in [-0.1, -0.05) is 12.8 Å². The van der Waals surface area contributed by atoms with Gasteiger partial charge in [0.1, 0.15) is 17.0 Å². The van der Waals surface area contributed by atoms with Gasteiger partial charge in [0.05, 0.1) is 10.2 Å². The Morgan fingerprint density at radius 3 is 2.70 bits per heavy atom. The quantitative estimate of drug-likeness (QED) is 0.684. The minimum Gasteiger partial charge on any atom is -0.355 e. The third kappa shape index (κ3) is 1.93. The molecule has 4 heterocycles. The van der Waals surface area contributed by atoms with E-state index in [2.05, 4.69) is 25.9 Å². The number of anilines is 1. The van der Waals surface area contributed by atoms with Crippen LogP contribution in [0.2, 0.25) is 0 Å². The average molecular weight is 284 g/mol. The van der Waals surface area contributed by atoms with Crippen molar-refractivity contribution in [3.05, 3.63) is 24.7 Å². The third-order valence-electron chi connectivity index (χ3n) is 3.92. The van der Waals surface area contributed by atoms with E-state index in [1.165, 1.54) is 30.4 Å². The molecular weight excluding hydrogens is 268 g/mol. The Labute approximate surface area is 121 Å². The fourth-order valence-corrected chi connectivity index (χ4v) is 4.02. The Morgan fingerprint density at radius 1 is 1.00 bits per heavy atom. The number of aromatic nitrogens is 3. The van der Waals surface area contributed by atoms with E-state index in [-0.39, 0.29) is 0 Å². The summed E-state index contributed by atoms with van der Waals surface area (Å²) in [6, 6.07) is 4.07. The van der Waals surface area contributed by atoms with Crippen molar-refractivity contribution in [1.82, 2.24) is 15.0 Å². The van der Waals surface area contributed by atoms with Crippen LogP contribution >= 0.6 is 11.3 Å². The molecule has 0 unspecified atom stereocenters. The standard InChI is InChI=1S/C15H16N4S/c1-2-4-9-19(8-3-1)14-13-12(17-10-18-14)11-6-5-7-16-15(11)20-13/h5-7,10H,1-4,8-9H2. The summed E-state index contributed by atoms with van der Waals surface area (Å²) in [7, 11) is 0. The van der Waals surface area contributed by atoms with Gasteiger partial charge < -0.3 is 4.90 Å². The number of thiophene rings is 1. The van der Waals surface area contributed by atoms with Gasteiger partial charge in [0, 0.05) is 24.7 Å². The van der Waals surface area contributed by atoms with Crippen LogP contribution in [0.25, 0.3) is 20.4 Å². The molecule has 1 aliphatic rings. The van der Waals surface area contributed by atoms with E-state index < -0.39 is 0 Å². The van der Waals surface area contributed by atoms with Crippen molar-refractivity contribution >= 4 is 37.6 Å². The molecule has 5 heteroatoms. The second-order valence-electron chi connectivity index (χ2n) is 5.23. The largest absolute Gasteiger partial charge is 0.355 e. The fourth-order valence-electron chi connectivity index (χ4n) is 2.91. The molecule has 1 saturated heterocycles. The average Bonchev–Trinajstić information content (AvgIpc) is 2.68. The maximum Gasteiger partial charge on any atom is 0.150 e. The zero-order valence-electron chi connectivity index (χ0n) is 11.2. The van der Waals surface area contributed by atoms with Crippen LogP contribution in [-0.4, -0.2) is 28.0 Å². The highest BCUT2D eigenvalue weighted by Gasteiger charge is 2.17. The van der Waals surface area contributed by atoms with Crippen LogP contribution in [0.5, 0.6) is 0 Å². The first-order chi connectivity index (χ1) is 9.93. The van der Waals surface area contributed by atoms with Gasteiger partial charge in [-0.15, -0.1) is 11.3 Å². The zero-order valence-corrected chi connectivity index (χ0v) is 12.1. The summed E-state index contributed by atoms with van der Waals surface area (Å²) in [6.07, 6.45) is 8.72. The molecule has 0 spiro atoms. The summed E-state index contributed by atoms with van der Waals surface area (Å²) in [4.78, 5) is 17.0. The number of hydrogen-bond acceptors (Lipinski definition) is 5. The monoisotopic (exact) mass is 284 g/mol. The Morgan fingerprint density at radius 2 is 1.85 bits per heavy atom. The topological polar surface area (TPSA) is 41.9 Å². The molecule has 0 atom stereocenters. The molecule has 3 aromatic rings. The summed E-state index contributed by atoms with van der Waals surface area (Å²) in [5.74, 6) is 1.10. The van der Waals surface area contributed by atoms with Crippen LogP contribution < -0.4 is 4.90 Å².